The average molecular weight is 195 g/mol. The number of aromatic nitrogens is 1. The van der Waals surface area contributed by atoms with Gasteiger partial charge in [0.15, 0.2) is 0 Å². The molecule has 0 N–H and O–H groups in total. The Kier molecular flexibility index (Phi) is 2.40. The van der Waals surface area contributed by atoms with Crippen LogP contribution < -0.4 is 4.74 Å². The van der Waals surface area contributed by atoms with E-state index in [1.807, 2.05) is 13.8 Å². The van der Waals surface area contributed by atoms with Crippen molar-refractivity contribution in [1.82, 2.24) is 4.98 Å². The molecule has 14 heavy (non-hydrogen) atoms. The van der Waals surface area contributed by atoms with Crippen molar-refractivity contribution in [3.8, 4) is 5.75 Å². The third-order valence-electron chi connectivity index (χ3n) is 2.21. The number of hydrogen-bond donors (Lipinski definition) is 0. The molecule has 0 bridgehead atoms. The van der Waals surface area contributed by atoms with E-state index in [-0.39, 0.29) is 17.8 Å². The third kappa shape index (κ3) is 2.03. The Morgan fingerprint density at radius 3 is 2.79 bits per heavy atom. The van der Waals surface area contributed by atoms with Gasteiger partial charge in [0, 0.05) is 6.07 Å². The van der Waals surface area contributed by atoms with Crippen molar-refractivity contribution in [1.29, 1.82) is 0 Å². The predicted molar refractivity (Wildman–Crippen MR) is 51.9 cm³/mol. The van der Waals surface area contributed by atoms with Crippen LogP contribution in [0.1, 0.15) is 38.3 Å². The topological polar surface area (TPSA) is 22.1 Å². The molecule has 0 amide bonds. The largest absolute Gasteiger partial charge is 0.488 e. The zero-order valence-electron chi connectivity index (χ0n) is 8.46. The van der Waals surface area contributed by atoms with E-state index in [1.165, 1.54) is 12.3 Å². The van der Waals surface area contributed by atoms with E-state index in [4.69, 9.17) is 4.74 Å². The lowest BCUT2D eigenvalue weighted by Crippen LogP contribution is -2.03. The molecular formula is C11H14FNO. The minimum Gasteiger partial charge on any atom is -0.488 e. The van der Waals surface area contributed by atoms with Gasteiger partial charge in [-0.1, -0.05) is 13.8 Å². The SMILES string of the molecule is CC(C)c1ncc(F)cc1OC1CC1. The highest BCUT2D eigenvalue weighted by Crippen LogP contribution is 2.31. The summed E-state index contributed by atoms with van der Waals surface area (Å²) in [6, 6.07) is 1.43. The predicted octanol–water partition coefficient (Wildman–Crippen LogP) is 2.89. The molecule has 0 aliphatic heterocycles. The highest BCUT2D eigenvalue weighted by atomic mass is 19.1. The number of hydrogen-bond acceptors (Lipinski definition) is 2. The molecule has 0 radical (unpaired) electrons. The molecule has 1 saturated carbocycles. The first-order chi connectivity index (χ1) is 6.66. The van der Waals surface area contributed by atoms with E-state index in [1.54, 1.807) is 0 Å². The lowest BCUT2D eigenvalue weighted by molar-refractivity contribution is 0.295. The van der Waals surface area contributed by atoms with Gasteiger partial charge in [0.1, 0.15) is 11.6 Å². The van der Waals surface area contributed by atoms with Crippen molar-refractivity contribution in [3.05, 3.63) is 23.8 Å². The van der Waals surface area contributed by atoms with Crippen molar-refractivity contribution in [2.75, 3.05) is 0 Å². The first-order valence-corrected chi connectivity index (χ1v) is 4.99. The summed E-state index contributed by atoms with van der Waals surface area (Å²) in [7, 11) is 0. The number of halogens is 1. The maximum atomic E-state index is 12.9. The van der Waals surface area contributed by atoms with Crippen LogP contribution in [0.2, 0.25) is 0 Å². The Bertz CT molecular complexity index is 334. The molecule has 1 heterocycles. The third-order valence-corrected chi connectivity index (χ3v) is 2.21. The fourth-order valence-electron chi connectivity index (χ4n) is 1.32. The van der Waals surface area contributed by atoms with Crippen molar-refractivity contribution >= 4 is 0 Å². The summed E-state index contributed by atoms with van der Waals surface area (Å²) in [5.41, 5.74) is 0.846. The van der Waals surface area contributed by atoms with Crippen LogP contribution in [-0.4, -0.2) is 11.1 Å². The summed E-state index contributed by atoms with van der Waals surface area (Å²) < 4.78 is 18.5. The Balaban J connectivity index is 2.27. The number of pyridine rings is 1. The monoisotopic (exact) mass is 195 g/mol. The fraction of sp³-hybridized carbons (Fsp3) is 0.545. The lowest BCUT2D eigenvalue weighted by Gasteiger charge is -2.12. The summed E-state index contributed by atoms with van der Waals surface area (Å²) in [6.07, 6.45) is 3.69. The summed E-state index contributed by atoms with van der Waals surface area (Å²) in [5, 5.41) is 0. The summed E-state index contributed by atoms with van der Waals surface area (Å²) in [6.45, 7) is 4.06. The normalized spacial score (nSPS) is 16.0. The second kappa shape index (κ2) is 3.56. The summed E-state index contributed by atoms with van der Waals surface area (Å²) >= 11 is 0. The minimum absolute atomic E-state index is 0.268. The van der Waals surface area contributed by atoms with Gasteiger partial charge < -0.3 is 4.74 Å². The fourth-order valence-corrected chi connectivity index (χ4v) is 1.32. The smallest absolute Gasteiger partial charge is 0.145 e. The molecule has 1 aromatic rings. The van der Waals surface area contributed by atoms with Crippen molar-refractivity contribution < 1.29 is 9.13 Å². The van der Waals surface area contributed by atoms with Crippen LogP contribution >= 0.6 is 0 Å². The molecule has 0 aromatic carbocycles. The van der Waals surface area contributed by atoms with Crippen LogP contribution in [0.15, 0.2) is 12.3 Å². The van der Waals surface area contributed by atoms with Crippen molar-refractivity contribution in [2.45, 2.75) is 38.7 Å². The van der Waals surface area contributed by atoms with Crippen LogP contribution in [0.4, 0.5) is 4.39 Å². The molecule has 1 aromatic heterocycles. The quantitative estimate of drug-likeness (QED) is 0.739. The summed E-state index contributed by atoms with van der Waals surface area (Å²) in [5.74, 6) is 0.553. The van der Waals surface area contributed by atoms with Gasteiger partial charge in [0.2, 0.25) is 0 Å². The van der Waals surface area contributed by atoms with Crippen LogP contribution in [0.25, 0.3) is 0 Å². The maximum absolute atomic E-state index is 12.9. The second-order valence-electron chi connectivity index (χ2n) is 4.01. The second-order valence-corrected chi connectivity index (χ2v) is 4.01. The van der Waals surface area contributed by atoms with Gasteiger partial charge in [0.25, 0.3) is 0 Å². The van der Waals surface area contributed by atoms with E-state index in [2.05, 4.69) is 4.98 Å². The van der Waals surface area contributed by atoms with Gasteiger partial charge in [-0.15, -0.1) is 0 Å². The number of ether oxygens (including phenoxy) is 1. The van der Waals surface area contributed by atoms with Crippen LogP contribution in [0, 0.1) is 5.82 Å². The molecule has 0 atom stereocenters. The van der Waals surface area contributed by atoms with Gasteiger partial charge in [0.05, 0.1) is 18.0 Å². The molecule has 2 nitrogen and oxygen atoms in total. The zero-order valence-corrected chi connectivity index (χ0v) is 8.46. The highest BCUT2D eigenvalue weighted by Gasteiger charge is 2.25. The van der Waals surface area contributed by atoms with E-state index < -0.39 is 0 Å². The van der Waals surface area contributed by atoms with Crippen LogP contribution in [-0.2, 0) is 0 Å². The zero-order chi connectivity index (χ0) is 10.1. The Hall–Kier alpha value is -1.12. The molecule has 0 saturated heterocycles. The van der Waals surface area contributed by atoms with Gasteiger partial charge in [-0.05, 0) is 18.8 Å². The Labute approximate surface area is 83.1 Å². The molecule has 0 unspecified atom stereocenters. The van der Waals surface area contributed by atoms with Crippen molar-refractivity contribution in [2.24, 2.45) is 0 Å². The Morgan fingerprint density at radius 2 is 2.21 bits per heavy atom. The first kappa shape index (κ1) is 9.44. The van der Waals surface area contributed by atoms with E-state index in [0.29, 0.717) is 5.75 Å². The maximum Gasteiger partial charge on any atom is 0.145 e. The van der Waals surface area contributed by atoms with E-state index in [9.17, 15) is 4.39 Å². The van der Waals surface area contributed by atoms with E-state index >= 15 is 0 Å². The molecular weight excluding hydrogens is 181 g/mol. The number of rotatable bonds is 3. The number of nitrogens with zero attached hydrogens (tertiary/aromatic N) is 1. The van der Waals surface area contributed by atoms with Gasteiger partial charge >= 0.3 is 0 Å². The van der Waals surface area contributed by atoms with E-state index in [0.717, 1.165) is 18.5 Å². The van der Waals surface area contributed by atoms with Crippen LogP contribution in [0.5, 0.6) is 5.75 Å². The highest BCUT2D eigenvalue weighted by molar-refractivity contribution is 5.30. The molecule has 1 aliphatic rings. The molecule has 1 aliphatic carbocycles. The Morgan fingerprint density at radius 1 is 1.50 bits per heavy atom. The molecule has 3 heteroatoms. The molecule has 2 rings (SSSR count). The molecule has 76 valence electrons. The van der Waals surface area contributed by atoms with Crippen molar-refractivity contribution in [3.63, 3.8) is 0 Å². The van der Waals surface area contributed by atoms with Gasteiger partial charge in [-0.2, -0.15) is 0 Å². The lowest BCUT2D eigenvalue weighted by atomic mass is 10.1. The molecule has 0 spiro atoms. The van der Waals surface area contributed by atoms with Crippen LogP contribution in [0.3, 0.4) is 0 Å². The first-order valence-electron chi connectivity index (χ1n) is 4.99. The minimum atomic E-state index is -0.329. The van der Waals surface area contributed by atoms with Gasteiger partial charge in [-0.3, -0.25) is 4.98 Å². The summed E-state index contributed by atoms with van der Waals surface area (Å²) in [4.78, 5) is 4.06. The standard InChI is InChI=1S/C11H14FNO/c1-7(2)11-10(14-9-3-4-9)5-8(12)6-13-11/h5-7,9H,3-4H2,1-2H3. The molecule has 1 fully saturated rings. The van der Waals surface area contributed by atoms with Gasteiger partial charge in [-0.25, -0.2) is 4.39 Å². The average Bonchev–Trinajstić information content (AvgIpc) is 2.87.